The van der Waals surface area contributed by atoms with E-state index < -0.39 is 26.8 Å². The number of carbonyl (C=O) groups is 1. The zero-order valence-electron chi connectivity index (χ0n) is 10.9. The number of aliphatic hydroxyl groups is 1. The summed E-state index contributed by atoms with van der Waals surface area (Å²) in [5.74, 6) is -0.806. The van der Waals surface area contributed by atoms with E-state index in [9.17, 15) is 18.3 Å². The number of hydrogen-bond donors (Lipinski definition) is 1. The van der Waals surface area contributed by atoms with Crippen molar-refractivity contribution < 1.29 is 23.1 Å². The number of likely N-dealkylation sites (N-methyl/N-ethyl adjacent to an activating group) is 1. The number of carbonyl (C=O) groups excluding carboxylic acids is 1. The van der Waals surface area contributed by atoms with Crippen LogP contribution in [-0.4, -0.2) is 54.8 Å². The summed E-state index contributed by atoms with van der Waals surface area (Å²) in [7, 11) is -2.66. The lowest BCUT2D eigenvalue weighted by atomic mass is 10.1. The van der Waals surface area contributed by atoms with Crippen molar-refractivity contribution in [1.82, 2.24) is 4.31 Å². The number of hydrogen-bond acceptors (Lipinski definition) is 5. The van der Waals surface area contributed by atoms with E-state index in [-0.39, 0.29) is 13.1 Å². The maximum atomic E-state index is 12.1. The molecule has 1 N–H and O–H groups in total. The second-order valence-electron chi connectivity index (χ2n) is 4.45. The summed E-state index contributed by atoms with van der Waals surface area (Å²) in [4.78, 5) is 11.3. The minimum absolute atomic E-state index is 0.0623. The molecule has 0 aromatic carbocycles. The zero-order valence-corrected chi connectivity index (χ0v) is 11.7. The van der Waals surface area contributed by atoms with Gasteiger partial charge in [0.2, 0.25) is 10.0 Å². The van der Waals surface area contributed by atoms with Crippen molar-refractivity contribution in [3.63, 3.8) is 0 Å². The predicted molar refractivity (Wildman–Crippen MR) is 63.9 cm³/mol. The molecule has 0 aliphatic heterocycles. The Labute approximate surface area is 103 Å². The molecule has 0 spiro atoms. The van der Waals surface area contributed by atoms with Crippen LogP contribution in [0.2, 0.25) is 0 Å². The van der Waals surface area contributed by atoms with Crippen molar-refractivity contribution in [2.75, 3.05) is 20.2 Å². The van der Waals surface area contributed by atoms with Gasteiger partial charge in [-0.3, -0.25) is 4.79 Å². The number of ether oxygens (including phenoxy) is 1. The van der Waals surface area contributed by atoms with Gasteiger partial charge in [-0.05, 0) is 20.8 Å². The summed E-state index contributed by atoms with van der Waals surface area (Å²) >= 11 is 0. The first kappa shape index (κ1) is 16.3. The summed E-state index contributed by atoms with van der Waals surface area (Å²) < 4.78 is 29.6. The van der Waals surface area contributed by atoms with E-state index in [2.05, 4.69) is 4.74 Å². The van der Waals surface area contributed by atoms with Crippen LogP contribution in [0.15, 0.2) is 0 Å². The number of nitrogens with zero attached hydrogens (tertiary/aromatic N) is 1. The standard InChI is InChI=1S/C10H21NO5S/c1-6-11(7-10(3,4)13)17(14,15)8(2)9(12)16-5/h8,13H,6-7H2,1-5H3. The van der Waals surface area contributed by atoms with Gasteiger partial charge in [0.25, 0.3) is 0 Å². The molecule has 0 bridgehead atoms. The minimum atomic E-state index is -3.80. The molecule has 7 heteroatoms. The van der Waals surface area contributed by atoms with E-state index in [0.717, 1.165) is 11.4 Å². The predicted octanol–water partition coefficient (Wildman–Crippen LogP) is -0.0295. The lowest BCUT2D eigenvalue weighted by molar-refractivity contribution is -0.139. The molecule has 0 aliphatic rings. The first-order chi connectivity index (χ1) is 7.56. The minimum Gasteiger partial charge on any atom is -0.468 e. The largest absolute Gasteiger partial charge is 0.468 e. The summed E-state index contributed by atoms with van der Waals surface area (Å²) in [5, 5.41) is 8.37. The average Bonchev–Trinajstić information content (AvgIpc) is 2.22. The first-order valence-corrected chi connectivity index (χ1v) is 6.85. The van der Waals surface area contributed by atoms with Gasteiger partial charge in [-0.25, -0.2) is 8.42 Å². The van der Waals surface area contributed by atoms with Crippen molar-refractivity contribution in [2.45, 2.75) is 38.5 Å². The molecule has 0 rings (SSSR count). The molecular formula is C10H21NO5S. The zero-order chi connectivity index (χ0) is 13.9. The van der Waals surface area contributed by atoms with Gasteiger partial charge >= 0.3 is 5.97 Å². The van der Waals surface area contributed by atoms with Crippen molar-refractivity contribution in [3.8, 4) is 0 Å². The highest BCUT2D eigenvalue weighted by molar-refractivity contribution is 7.90. The van der Waals surface area contributed by atoms with E-state index in [1.54, 1.807) is 6.92 Å². The van der Waals surface area contributed by atoms with Gasteiger partial charge < -0.3 is 9.84 Å². The van der Waals surface area contributed by atoms with Crippen molar-refractivity contribution in [3.05, 3.63) is 0 Å². The van der Waals surface area contributed by atoms with Crippen molar-refractivity contribution >= 4 is 16.0 Å². The van der Waals surface area contributed by atoms with E-state index in [1.165, 1.54) is 20.8 Å². The molecule has 0 aromatic rings. The Morgan fingerprint density at radius 3 is 2.24 bits per heavy atom. The van der Waals surface area contributed by atoms with Crippen molar-refractivity contribution in [1.29, 1.82) is 0 Å². The molecule has 0 fully saturated rings. The van der Waals surface area contributed by atoms with Crippen LogP contribution in [-0.2, 0) is 19.6 Å². The highest BCUT2D eigenvalue weighted by Crippen LogP contribution is 2.14. The SMILES string of the molecule is CCN(CC(C)(C)O)S(=O)(=O)C(C)C(=O)OC. The monoisotopic (exact) mass is 267 g/mol. The Bertz CT molecular complexity index is 357. The molecule has 102 valence electrons. The van der Waals surface area contributed by atoms with Crippen LogP contribution in [0.25, 0.3) is 0 Å². The number of sulfonamides is 1. The van der Waals surface area contributed by atoms with E-state index in [0.29, 0.717) is 0 Å². The van der Waals surface area contributed by atoms with Crippen LogP contribution >= 0.6 is 0 Å². The summed E-state index contributed by atoms with van der Waals surface area (Å²) in [6.07, 6.45) is 0. The molecular weight excluding hydrogens is 246 g/mol. The Kier molecular flexibility index (Phi) is 5.57. The van der Waals surface area contributed by atoms with Gasteiger partial charge in [0.15, 0.2) is 5.25 Å². The third-order valence-corrected chi connectivity index (χ3v) is 4.45. The van der Waals surface area contributed by atoms with E-state index >= 15 is 0 Å². The second-order valence-corrected chi connectivity index (χ2v) is 6.70. The van der Waals surface area contributed by atoms with E-state index in [4.69, 9.17) is 0 Å². The van der Waals surface area contributed by atoms with Crippen LogP contribution in [0, 0.1) is 0 Å². The van der Waals surface area contributed by atoms with Gasteiger partial charge in [0, 0.05) is 13.1 Å². The normalized spacial score (nSPS) is 14.8. The fraction of sp³-hybridized carbons (Fsp3) is 0.900. The van der Waals surface area contributed by atoms with Crippen LogP contribution < -0.4 is 0 Å². The lowest BCUT2D eigenvalue weighted by Gasteiger charge is -2.28. The van der Waals surface area contributed by atoms with Crippen LogP contribution in [0.3, 0.4) is 0 Å². The first-order valence-electron chi connectivity index (χ1n) is 5.35. The molecule has 0 radical (unpaired) electrons. The third-order valence-electron chi connectivity index (χ3n) is 2.26. The summed E-state index contributed by atoms with van der Waals surface area (Å²) in [6.45, 7) is 6.06. The fourth-order valence-electron chi connectivity index (χ4n) is 1.32. The molecule has 0 aromatic heterocycles. The van der Waals surface area contributed by atoms with Crippen LogP contribution in [0.4, 0.5) is 0 Å². The fourth-order valence-corrected chi connectivity index (χ4v) is 2.97. The van der Waals surface area contributed by atoms with E-state index in [1.807, 2.05) is 0 Å². The van der Waals surface area contributed by atoms with Crippen LogP contribution in [0.5, 0.6) is 0 Å². The van der Waals surface area contributed by atoms with Crippen LogP contribution in [0.1, 0.15) is 27.7 Å². The molecule has 17 heavy (non-hydrogen) atoms. The molecule has 1 unspecified atom stereocenters. The molecule has 6 nitrogen and oxygen atoms in total. The quantitative estimate of drug-likeness (QED) is 0.683. The molecule has 0 saturated carbocycles. The smallest absolute Gasteiger partial charge is 0.325 e. The Balaban J connectivity index is 5.07. The maximum absolute atomic E-state index is 12.1. The lowest BCUT2D eigenvalue weighted by Crippen LogP contribution is -2.47. The number of rotatable bonds is 6. The van der Waals surface area contributed by atoms with Crippen molar-refractivity contribution in [2.24, 2.45) is 0 Å². The Morgan fingerprint density at radius 1 is 1.47 bits per heavy atom. The van der Waals surface area contributed by atoms with Gasteiger partial charge in [0.05, 0.1) is 12.7 Å². The molecule has 0 aliphatic carbocycles. The average molecular weight is 267 g/mol. The second kappa shape index (κ2) is 5.79. The highest BCUT2D eigenvalue weighted by atomic mass is 32.2. The Morgan fingerprint density at radius 2 is 1.94 bits per heavy atom. The highest BCUT2D eigenvalue weighted by Gasteiger charge is 2.36. The number of methoxy groups -OCH3 is 1. The molecule has 0 amide bonds. The maximum Gasteiger partial charge on any atom is 0.325 e. The van der Waals surface area contributed by atoms with Gasteiger partial charge in [-0.15, -0.1) is 0 Å². The molecule has 0 saturated heterocycles. The summed E-state index contributed by atoms with van der Waals surface area (Å²) in [6, 6.07) is 0. The number of esters is 1. The topological polar surface area (TPSA) is 83.9 Å². The third kappa shape index (κ3) is 4.61. The van der Waals surface area contributed by atoms with Gasteiger partial charge in [0.1, 0.15) is 0 Å². The summed E-state index contributed by atoms with van der Waals surface area (Å²) in [5.41, 5.74) is -1.15. The molecule has 0 heterocycles. The Hall–Kier alpha value is -0.660. The van der Waals surface area contributed by atoms with Gasteiger partial charge in [-0.2, -0.15) is 4.31 Å². The molecule has 1 atom stereocenters. The van der Waals surface area contributed by atoms with Gasteiger partial charge in [-0.1, -0.05) is 6.92 Å².